The van der Waals surface area contributed by atoms with Gasteiger partial charge in [0.15, 0.2) is 0 Å². The average molecular weight is 289 g/mol. The molecule has 0 saturated heterocycles. The standard InChI is InChI=1S/C9H10N2O5S2/c12-3-5-4-17-8-2-6(18(15)16)1-7(11(13)14)9(8)10-5/h1-2,5,10,12H,3-4H2,(H,15,16)/p-1/t5-/m1/s1. The van der Waals surface area contributed by atoms with E-state index in [-0.39, 0.29) is 28.9 Å². The summed E-state index contributed by atoms with van der Waals surface area (Å²) in [5, 5.41) is 22.8. The molecular weight excluding hydrogens is 280 g/mol. The molecule has 2 rings (SSSR count). The fraction of sp³-hybridized carbons (Fsp3) is 0.333. The summed E-state index contributed by atoms with van der Waals surface area (Å²) in [7, 11) is 0. The van der Waals surface area contributed by atoms with E-state index < -0.39 is 16.0 Å². The maximum atomic E-state index is 10.9. The van der Waals surface area contributed by atoms with Crippen LogP contribution in [0.5, 0.6) is 0 Å². The second-order valence-corrected chi connectivity index (χ2v) is 5.64. The van der Waals surface area contributed by atoms with Crippen LogP contribution in [0.3, 0.4) is 0 Å². The number of nitro groups is 1. The molecule has 0 bridgehead atoms. The lowest BCUT2D eigenvalue weighted by Crippen LogP contribution is -2.30. The Hall–Kier alpha value is -1.16. The summed E-state index contributed by atoms with van der Waals surface area (Å²) in [5.41, 5.74) is -0.0261. The highest BCUT2D eigenvalue weighted by Crippen LogP contribution is 2.41. The number of aliphatic hydroxyl groups is 1. The number of benzene rings is 1. The Balaban J connectivity index is 2.53. The number of hydrogen-bond acceptors (Lipinski definition) is 7. The van der Waals surface area contributed by atoms with Crippen molar-refractivity contribution in [2.75, 3.05) is 17.7 Å². The molecule has 1 unspecified atom stereocenters. The molecule has 1 aromatic rings. The number of rotatable bonds is 3. The Morgan fingerprint density at radius 2 is 2.33 bits per heavy atom. The molecule has 0 aromatic heterocycles. The summed E-state index contributed by atoms with van der Waals surface area (Å²) < 4.78 is 21.8. The Morgan fingerprint density at radius 1 is 1.61 bits per heavy atom. The van der Waals surface area contributed by atoms with E-state index in [2.05, 4.69) is 5.32 Å². The molecule has 1 heterocycles. The van der Waals surface area contributed by atoms with Gasteiger partial charge in [-0.3, -0.25) is 14.3 Å². The second kappa shape index (κ2) is 5.22. The molecule has 0 fully saturated rings. The summed E-state index contributed by atoms with van der Waals surface area (Å²) in [6.07, 6.45) is 0. The fourth-order valence-corrected chi connectivity index (χ4v) is 3.19. The molecule has 0 amide bonds. The van der Waals surface area contributed by atoms with Crippen LogP contribution < -0.4 is 5.32 Å². The highest BCUT2D eigenvalue weighted by atomic mass is 32.2. The van der Waals surface area contributed by atoms with Crippen molar-refractivity contribution in [1.82, 2.24) is 0 Å². The minimum absolute atomic E-state index is 0.114. The van der Waals surface area contributed by atoms with Crippen molar-refractivity contribution < 1.29 is 18.8 Å². The van der Waals surface area contributed by atoms with Crippen molar-refractivity contribution in [1.29, 1.82) is 0 Å². The molecule has 9 heteroatoms. The van der Waals surface area contributed by atoms with Crippen molar-refractivity contribution in [3.8, 4) is 0 Å². The maximum absolute atomic E-state index is 10.9. The van der Waals surface area contributed by atoms with E-state index in [0.717, 1.165) is 6.07 Å². The quantitative estimate of drug-likeness (QED) is 0.478. The lowest BCUT2D eigenvalue weighted by atomic mass is 10.2. The maximum Gasteiger partial charge on any atom is 0.294 e. The van der Waals surface area contributed by atoms with Crippen molar-refractivity contribution in [3.05, 3.63) is 22.2 Å². The van der Waals surface area contributed by atoms with Gasteiger partial charge in [0.05, 0.1) is 17.6 Å². The Labute approximate surface area is 109 Å². The van der Waals surface area contributed by atoms with Gasteiger partial charge in [-0.2, -0.15) is 0 Å². The van der Waals surface area contributed by atoms with Crippen LogP contribution in [0.15, 0.2) is 21.9 Å². The molecule has 1 aromatic carbocycles. The number of fused-ring (bicyclic) bond motifs is 1. The van der Waals surface area contributed by atoms with Crippen LogP contribution in [0, 0.1) is 10.1 Å². The molecule has 98 valence electrons. The largest absolute Gasteiger partial charge is 0.768 e. The number of hydrogen-bond donors (Lipinski definition) is 2. The van der Waals surface area contributed by atoms with Gasteiger partial charge in [-0.25, -0.2) is 0 Å². The molecule has 2 N–H and O–H groups in total. The Morgan fingerprint density at radius 3 is 2.89 bits per heavy atom. The normalized spacial score (nSPS) is 19.8. The van der Waals surface area contributed by atoms with E-state index in [1.807, 2.05) is 0 Å². The van der Waals surface area contributed by atoms with Crippen LogP contribution >= 0.6 is 11.8 Å². The third kappa shape index (κ3) is 2.48. The fourth-order valence-electron chi connectivity index (χ4n) is 1.61. The van der Waals surface area contributed by atoms with Gasteiger partial charge >= 0.3 is 0 Å². The van der Waals surface area contributed by atoms with E-state index in [1.165, 1.54) is 17.8 Å². The van der Waals surface area contributed by atoms with Crippen molar-refractivity contribution in [3.63, 3.8) is 0 Å². The number of aliphatic hydroxyl groups excluding tert-OH is 1. The zero-order valence-electron chi connectivity index (χ0n) is 8.99. The number of anilines is 1. The number of nitro benzene ring substituents is 1. The minimum atomic E-state index is -2.51. The molecule has 18 heavy (non-hydrogen) atoms. The first-order valence-electron chi connectivity index (χ1n) is 4.95. The SMILES string of the molecule is O=[N+]([O-])c1cc(S(=O)[O-])cc2c1N[C@H](CO)CS2. The molecule has 7 nitrogen and oxygen atoms in total. The van der Waals surface area contributed by atoms with Gasteiger partial charge < -0.3 is 15.0 Å². The Kier molecular flexibility index (Phi) is 3.85. The molecule has 0 radical (unpaired) electrons. The number of thioether (sulfide) groups is 1. The summed E-state index contributed by atoms with van der Waals surface area (Å²) in [4.78, 5) is 10.7. The predicted octanol–water partition coefficient (Wildman–Crippen LogP) is 0.711. The number of nitrogens with zero attached hydrogens (tertiary/aromatic N) is 1. The predicted molar refractivity (Wildman–Crippen MR) is 65.5 cm³/mol. The minimum Gasteiger partial charge on any atom is -0.768 e. The van der Waals surface area contributed by atoms with Gasteiger partial charge in [0, 0.05) is 21.6 Å². The third-order valence-corrected chi connectivity index (χ3v) is 4.28. The highest BCUT2D eigenvalue weighted by Gasteiger charge is 2.26. The van der Waals surface area contributed by atoms with Crippen LogP contribution in [-0.2, 0) is 11.1 Å². The smallest absolute Gasteiger partial charge is 0.294 e. The molecule has 0 saturated carbocycles. The van der Waals surface area contributed by atoms with E-state index in [9.17, 15) is 18.9 Å². The number of nitrogens with one attached hydrogen (secondary N) is 1. The summed E-state index contributed by atoms with van der Waals surface area (Å²) in [6, 6.07) is 2.12. The van der Waals surface area contributed by atoms with E-state index in [4.69, 9.17) is 5.11 Å². The Bertz CT molecular complexity index is 522. The lowest BCUT2D eigenvalue weighted by molar-refractivity contribution is -0.384. The molecule has 0 spiro atoms. The second-order valence-electron chi connectivity index (χ2n) is 3.64. The molecule has 1 aliphatic heterocycles. The first kappa shape index (κ1) is 13.3. The van der Waals surface area contributed by atoms with Crippen molar-refractivity contribution >= 4 is 34.2 Å². The molecule has 1 aliphatic rings. The van der Waals surface area contributed by atoms with Gasteiger partial charge in [0.1, 0.15) is 5.69 Å². The van der Waals surface area contributed by atoms with Gasteiger partial charge in [-0.05, 0) is 17.1 Å². The van der Waals surface area contributed by atoms with Crippen LogP contribution in [0.25, 0.3) is 0 Å². The van der Waals surface area contributed by atoms with E-state index in [1.54, 1.807) is 0 Å². The summed E-state index contributed by atoms with van der Waals surface area (Å²) >= 11 is -1.23. The third-order valence-electron chi connectivity index (χ3n) is 2.45. The average Bonchev–Trinajstić information content (AvgIpc) is 2.36. The van der Waals surface area contributed by atoms with Crippen molar-refractivity contribution in [2.24, 2.45) is 0 Å². The topological polar surface area (TPSA) is 116 Å². The van der Waals surface area contributed by atoms with Gasteiger partial charge in [-0.1, -0.05) is 0 Å². The zero-order valence-corrected chi connectivity index (χ0v) is 10.6. The van der Waals surface area contributed by atoms with Crippen molar-refractivity contribution in [2.45, 2.75) is 15.8 Å². The van der Waals surface area contributed by atoms with Gasteiger partial charge in [0.2, 0.25) is 0 Å². The monoisotopic (exact) mass is 289 g/mol. The van der Waals surface area contributed by atoms with Gasteiger partial charge in [0.25, 0.3) is 5.69 Å². The van der Waals surface area contributed by atoms with E-state index in [0.29, 0.717) is 10.6 Å². The molecule has 0 aliphatic carbocycles. The molecular formula is C9H9N2O5S2-. The van der Waals surface area contributed by atoms with E-state index >= 15 is 0 Å². The van der Waals surface area contributed by atoms with Crippen LogP contribution in [0.4, 0.5) is 11.4 Å². The zero-order chi connectivity index (χ0) is 13.3. The van der Waals surface area contributed by atoms with Gasteiger partial charge in [-0.15, -0.1) is 11.8 Å². The first-order valence-corrected chi connectivity index (χ1v) is 7.01. The molecule has 2 atom stereocenters. The van der Waals surface area contributed by atoms with Crippen LogP contribution in [-0.4, -0.2) is 37.2 Å². The van der Waals surface area contributed by atoms with Crippen LogP contribution in [0.1, 0.15) is 0 Å². The summed E-state index contributed by atoms with van der Waals surface area (Å²) in [5.74, 6) is 0.523. The van der Waals surface area contributed by atoms with Crippen LogP contribution in [0.2, 0.25) is 0 Å². The first-order chi connectivity index (χ1) is 8.52. The lowest BCUT2D eigenvalue weighted by Gasteiger charge is -2.25. The summed E-state index contributed by atoms with van der Waals surface area (Å²) in [6.45, 7) is -0.140. The highest BCUT2D eigenvalue weighted by molar-refractivity contribution is 7.99.